The molecule has 0 bridgehead atoms. The lowest BCUT2D eigenvalue weighted by Gasteiger charge is -2.11. The van der Waals surface area contributed by atoms with Crippen molar-refractivity contribution in [3.8, 4) is 0 Å². The van der Waals surface area contributed by atoms with E-state index in [4.69, 9.17) is 4.74 Å². The van der Waals surface area contributed by atoms with Gasteiger partial charge in [0.15, 0.2) is 5.78 Å². The van der Waals surface area contributed by atoms with E-state index in [-0.39, 0.29) is 24.1 Å². The van der Waals surface area contributed by atoms with E-state index in [0.717, 1.165) is 0 Å². The van der Waals surface area contributed by atoms with E-state index in [0.29, 0.717) is 25.3 Å². The van der Waals surface area contributed by atoms with Crippen molar-refractivity contribution in [2.24, 2.45) is 0 Å². The minimum Gasteiger partial charge on any atom is -0.448 e. The van der Waals surface area contributed by atoms with Crippen LogP contribution < -0.4 is 0 Å². The van der Waals surface area contributed by atoms with Gasteiger partial charge in [0.1, 0.15) is 12.4 Å². The van der Waals surface area contributed by atoms with E-state index in [2.05, 4.69) is 0 Å². The zero-order valence-corrected chi connectivity index (χ0v) is 9.19. The molecule has 1 aliphatic heterocycles. The van der Waals surface area contributed by atoms with E-state index in [9.17, 15) is 14.0 Å². The van der Waals surface area contributed by atoms with Crippen LogP contribution in [0, 0.1) is 5.82 Å². The van der Waals surface area contributed by atoms with Gasteiger partial charge in [0.25, 0.3) is 0 Å². The van der Waals surface area contributed by atoms with Gasteiger partial charge in [-0.2, -0.15) is 0 Å². The molecule has 17 heavy (non-hydrogen) atoms. The van der Waals surface area contributed by atoms with Crippen LogP contribution in [0.5, 0.6) is 0 Å². The molecule has 0 radical (unpaired) electrons. The summed E-state index contributed by atoms with van der Waals surface area (Å²) in [6.07, 6.45) is -0.155. The fraction of sp³-hybridized carbons (Fsp3) is 0.333. The van der Waals surface area contributed by atoms with Crippen LogP contribution in [0.3, 0.4) is 0 Å². The van der Waals surface area contributed by atoms with Crippen molar-refractivity contribution in [2.75, 3.05) is 19.7 Å². The highest BCUT2D eigenvalue weighted by Gasteiger charge is 2.22. The van der Waals surface area contributed by atoms with Gasteiger partial charge in [-0.25, -0.2) is 9.18 Å². The molecule has 0 aliphatic carbocycles. The molecule has 1 heterocycles. The highest BCUT2D eigenvalue weighted by atomic mass is 19.1. The molecule has 90 valence electrons. The Labute approximate surface area is 98.0 Å². The number of Topliss-reactive ketones (excluding diaryl/α,β-unsaturated/α-hetero) is 1. The summed E-state index contributed by atoms with van der Waals surface area (Å²) in [4.78, 5) is 24.3. The molecule has 1 amide bonds. The molecule has 5 heteroatoms. The predicted octanol–water partition coefficient (Wildman–Crippen LogP) is 1.85. The SMILES string of the molecule is O=C(CCN1CCOC1=O)c1ccc(F)cc1. The average Bonchev–Trinajstić information content (AvgIpc) is 2.73. The zero-order chi connectivity index (χ0) is 12.3. The third kappa shape index (κ3) is 2.81. The quantitative estimate of drug-likeness (QED) is 0.751. The smallest absolute Gasteiger partial charge is 0.409 e. The second-order valence-electron chi connectivity index (χ2n) is 3.78. The highest BCUT2D eigenvalue weighted by molar-refractivity contribution is 5.96. The molecule has 1 aliphatic rings. The van der Waals surface area contributed by atoms with E-state index < -0.39 is 0 Å². The Morgan fingerprint density at radius 2 is 2.06 bits per heavy atom. The number of carbonyl (C=O) groups excluding carboxylic acids is 2. The number of hydrogen-bond donors (Lipinski definition) is 0. The van der Waals surface area contributed by atoms with Crippen LogP contribution in [0.25, 0.3) is 0 Å². The molecule has 0 atom stereocenters. The van der Waals surface area contributed by atoms with Crippen LogP contribution in [-0.2, 0) is 4.74 Å². The van der Waals surface area contributed by atoms with Crippen LogP contribution in [0.15, 0.2) is 24.3 Å². The number of halogens is 1. The van der Waals surface area contributed by atoms with Crippen molar-refractivity contribution >= 4 is 11.9 Å². The summed E-state index contributed by atoms with van der Waals surface area (Å²) in [5, 5.41) is 0. The number of carbonyl (C=O) groups is 2. The van der Waals surface area contributed by atoms with Crippen molar-refractivity contribution in [3.63, 3.8) is 0 Å². The maximum Gasteiger partial charge on any atom is 0.409 e. The number of amides is 1. The second-order valence-corrected chi connectivity index (χ2v) is 3.78. The third-order valence-corrected chi connectivity index (χ3v) is 2.62. The first-order chi connectivity index (χ1) is 8.16. The van der Waals surface area contributed by atoms with Gasteiger partial charge in [0.2, 0.25) is 0 Å². The fourth-order valence-corrected chi connectivity index (χ4v) is 1.65. The lowest BCUT2D eigenvalue weighted by molar-refractivity contribution is 0.0971. The Morgan fingerprint density at radius 3 is 2.65 bits per heavy atom. The number of benzene rings is 1. The standard InChI is InChI=1S/C12H12FNO3/c13-10-3-1-9(2-4-10)11(15)5-6-14-7-8-17-12(14)16/h1-4H,5-8H2. The van der Waals surface area contributed by atoms with Crippen molar-refractivity contribution < 1.29 is 18.7 Å². The maximum atomic E-state index is 12.7. The molecule has 1 aromatic carbocycles. The predicted molar refractivity (Wildman–Crippen MR) is 58.3 cm³/mol. The number of hydrogen-bond acceptors (Lipinski definition) is 3. The van der Waals surface area contributed by atoms with Gasteiger partial charge in [-0.1, -0.05) is 0 Å². The Bertz CT molecular complexity index is 430. The Kier molecular flexibility index (Phi) is 3.37. The molecule has 0 saturated carbocycles. The number of ether oxygens (including phenoxy) is 1. The first-order valence-electron chi connectivity index (χ1n) is 5.37. The van der Waals surface area contributed by atoms with Gasteiger partial charge in [-0.05, 0) is 24.3 Å². The summed E-state index contributed by atoms with van der Waals surface area (Å²) in [6, 6.07) is 5.38. The van der Waals surface area contributed by atoms with Gasteiger partial charge in [-0.3, -0.25) is 4.79 Å². The average molecular weight is 237 g/mol. The molecule has 0 N–H and O–H groups in total. The minimum absolute atomic E-state index is 0.107. The fourth-order valence-electron chi connectivity index (χ4n) is 1.65. The summed E-state index contributed by atoms with van der Waals surface area (Å²) >= 11 is 0. The third-order valence-electron chi connectivity index (χ3n) is 2.62. The first kappa shape index (κ1) is 11.6. The van der Waals surface area contributed by atoms with Crippen LogP contribution in [0.2, 0.25) is 0 Å². The normalized spacial score (nSPS) is 14.9. The van der Waals surface area contributed by atoms with Crippen molar-refractivity contribution in [1.29, 1.82) is 0 Å². The molecule has 1 fully saturated rings. The summed E-state index contributed by atoms with van der Waals surface area (Å²) in [5.74, 6) is -0.477. The molecule has 0 unspecified atom stereocenters. The van der Waals surface area contributed by atoms with Gasteiger partial charge in [0.05, 0.1) is 6.54 Å². The summed E-state index contributed by atoms with van der Waals surface area (Å²) in [7, 11) is 0. The highest BCUT2D eigenvalue weighted by Crippen LogP contribution is 2.09. The van der Waals surface area contributed by atoms with Crippen molar-refractivity contribution in [2.45, 2.75) is 6.42 Å². The number of rotatable bonds is 4. The Hall–Kier alpha value is -1.91. The molecular weight excluding hydrogens is 225 g/mol. The largest absolute Gasteiger partial charge is 0.448 e. The summed E-state index contributed by atoms with van der Waals surface area (Å²) < 4.78 is 17.4. The minimum atomic E-state index is -0.378. The van der Waals surface area contributed by atoms with E-state index in [1.165, 1.54) is 29.2 Å². The van der Waals surface area contributed by atoms with Crippen LogP contribution in [0.1, 0.15) is 16.8 Å². The van der Waals surface area contributed by atoms with E-state index in [1.54, 1.807) is 0 Å². The first-order valence-corrected chi connectivity index (χ1v) is 5.37. The van der Waals surface area contributed by atoms with Crippen LogP contribution in [-0.4, -0.2) is 36.5 Å². The second kappa shape index (κ2) is 4.95. The zero-order valence-electron chi connectivity index (χ0n) is 9.19. The number of cyclic esters (lactones) is 1. The van der Waals surface area contributed by atoms with Crippen LogP contribution in [0.4, 0.5) is 9.18 Å². The van der Waals surface area contributed by atoms with Gasteiger partial charge >= 0.3 is 6.09 Å². The number of ketones is 1. The van der Waals surface area contributed by atoms with E-state index in [1.807, 2.05) is 0 Å². The monoisotopic (exact) mass is 237 g/mol. The van der Waals surface area contributed by atoms with Gasteiger partial charge < -0.3 is 9.64 Å². The van der Waals surface area contributed by atoms with Crippen molar-refractivity contribution in [1.82, 2.24) is 4.90 Å². The van der Waals surface area contributed by atoms with Gasteiger partial charge in [0, 0.05) is 18.5 Å². The molecule has 0 spiro atoms. The van der Waals surface area contributed by atoms with Gasteiger partial charge in [-0.15, -0.1) is 0 Å². The molecule has 1 saturated heterocycles. The Balaban J connectivity index is 1.89. The lowest BCUT2D eigenvalue weighted by Crippen LogP contribution is -2.26. The van der Waals surface area contributed by atoms with Crippen LogP contribution >= 0.6 is 0 Å². The molecule has 2 rings (SSSR count). The summed E-state index contributed by atoms with van der Waals surface area (Å²) in [5.41, 5.74) is 0.457. The van der Waals surface area contributed by atoms with Crippen molar-refractivity contribution in [3.05, 3.63) is 35.6 Å². The maximum absolute atomic E-state index is 12.7. The topological polar surface area (TPSA) is 46.6 Å². The summed E-state index contributed by atoms with van der Waals surface area (Å²) in [6.45, 7) is 1.24. The molecular formula is C12H12FNO3. The molecule has 0 aromatic heterocycles. The lowest BCUT2D eigenvalue weighted by atomic mass is 10.1. The number of nitrogens with zero attached hydrogens (tertiary/aromatic N) is 1. The molecule has 1 aromatic rings. The molecule has 4 nitrogen and oxygen atoms in total. The van der Waals surface area contributed by atoms with E-state index >= 15 is 0 Å². The Morgan fingerprint density at radius 1 is 1.35 bits per heavy atom.